The molecule has 0 saturated heterocycles. The number of rotatable bonds is 2. The SMILES string of the molecule is CC1CCC(Nc2ccc(C(F)(F)F)cc2Br)C(C)C1. The maximum absolute atomic E-state index is 12.6. The number of hydrogen-bond donors (Lipinski definition) is 1. The van der Waals surface area contributed by atoms with E-state index >= 15 is 0 Å². The van der Waals surface area contributed by atoms with Gasteiger partial charge < -0.3 is 5.32 Å². The van der Waals surface area contributed by atoms with Gasteiger partial charge in [-0.15, -0.1) is 0 Å². The Kier molecular flexibility index (Phi) is 4.67. The number of anilines is 1. The van der Waals surface area contributed by atoms with Gasteiger partial charge in [0.25, 0.3) is 0 Å². The lowest BCUT2D eigenvalue weighted by Gasteiger charge is -2.34. The summed E-state index contributed by atoms with van der Waals surface area (Å²) in [5.74, 6) is 1.27. The summed E-state index contributed by atoms with van der Waals surface area (Å²) >= 11 is 3.24. The molecule has 0 spiro atoms. The average Bonchev–Trinajstić information content (AvgIpc) is 2.33. The second-order valence-corrected chi connectivity index (χ2v) is 6.69. The first-order chi connectivity index (χ1) is 9.27. The summed E-state index contributed by atoms with van der Waals surface area (Å²) in [7, 11) is 0. The van der Waals surface area contributed by atoms with Crippen molar-refractivity contribution in [3.05, 3.63) is 28.2 Å². The Morgan fingerprint density at radius 3 is 2.45 bits per heavy atom. The summed E-state index contributed by atoms with van der Waals surface area (Å²) in [6, 6.07) is 4.11. The highest BCUT2D eigenvalue weighted by molar-refractivity contribution is 9.10. The molecule has 112 valence electrons. The van der Waals surface area contributed by atoms with E-state index in [1.54, 1.807) is 0 Å². The second-order valence-electron chi connectivity index (χ2n) is 5.84. The number of halogens is 4. The molecule has 1 saturated carbocycles. The highest BCUT2D eigenvalue weighted by Crippen LogP contribution is 2.36. The number of benzene rings is 1. The Morgan fingerprint density at radius 2 is 1.90 bits per heavy atom. The van der Waals surface area contributed by atoms with Gasteiger partial charge in [0, 0.05) is 16.2 Å². The van der Waals surface area contributed by atoms with Crippen molar-refractivity contribution < 1.29 is 13.2 Å². The van der Waals surface area contributed by atoms with Crippen LogP contribution in [0.15, 0.2) is 22.7 Å². The van der Waals surface area contributed by atoms with Crippen LogP contribution in [0, 0.1) is 11.8 Å². The molecule has 2 rings (SSSR count). The molecule has 0 amide bonds. The van der Waals surface area contributed by atoms with Crippen molar-refractivity contribution >= 4 is 21.6 Å². The summed E-state index contributed by atoms with van der Waals surface area (Å²) in [5.41, 5.74) is 0.115. The average molecular weight is 350 g/mol. The normalized spacial score (nSPS) is 27.4. The molecule has 1 aromatic rings. The van der Waals surface area contributed by atoms with Gasteiger partial charge in [0.05, 0.1) is 5.56 Å². The second kappa shape index (κ2) is 5.96. The van der Waals surface area contributed by atoms with Gasteiger partial charge in [0.2, 0.25) is 0 Å². The Bertz CT molecular complexity index is 473. The van der Waals surface area contributed by atoms with Crippen molar-refractivity contribution in [2.45, 2.75) is 45.3 Å². The van der Waals surface area contributed by atoms with Crippen LogP contribution in [0.5, 0.6) is 0 Å². The fraction of sp³-hybridized carbons (Fsp3) is 0.600. The summed E-state index contributed by atoms with van der Waals surface area (Å²) in [5, 5.41) is 3.38. The molecular formula is C15H19BrF3N. The van der Waals surface area contributed by atoms with Gasteiger partial charge in [-0.2, -0.15) is 13.2 Å². The summed E-state index contributed by atoms with van der Waals surface area (Å²) in [4.78, 5) is 0. The van der Waals surface area contributed by atoms with Crippen molar-refractivity contribution in [2.75, 3.05) is 5.32 Å². The zero-order chi connectivity index (χ0) is 14.9. The number of nitrogens with one attached hydrogen (secondary N) is 1. The molecule has 20 heavy (non-hydrogen) atoms. The monoisotopic (exact) mass is 349 g/mol. The molecule has 0 radical (unpaired) electrons. The molecule has 0 aromatic heterocycles. The first-order valence-electron chi connectivity index (χ1n) is 6.90. The van der Waals surface area contributed by atoms with Gasteiger partial charge in [0.15, 0.2) is 0 Å². The summed E-state index contributed by atoms with van der Waals surface area (Å²) in [6.45, 7) is 4.45. The largest absolute Gasteiger partial charge is 0.416 e. The molecule has 1 N–H and O–H groups in total. The van der Waals surface area contributed by atoms with Crippen LogP contribution in [-0.2, 0) is 6.18 Å². The van der Waals surface area contributed by atoms with E-state index in [0.29, 0.717) is 16.4 Å². The third kappa shape index (κ3) is 3.68. The number of hydrogen-bond acceptors (Lipinski definition) is 1. The minimum Gasteiger partial charge on any atom is -0.381 e. The Labute approximate surface area is 126 Å². The smallest absolute Gasteiger partial charge is 0.381 e. The quantitative estimate of drug-likeness (QED) is 0.721. The molecule has 1 aliphatic carbocycles. The van der Waals surface area contributed by atoms with Gasteiger partial charge in [-0.1, -0.05) is 13.8 Å². The summed E-state index contributed by atoms with van der Waals surface area (Å²) in [6.07, 6.45) is -0.902. The Hall–Kier alpha value is -0.710. The Balaban J connectivity index is 2.10. The first kappa shape index (κ1) is 15.7. The fourth-order valence-corrected chi connectivity index (χ4v) is 3.38. The maximum Gasteiger partial charge on any atom is 0.416 e. The van der Waals surface area contributed by atoms with Crippen LogP contribution in [0.1, 0.15) is 38.7 Å². The standard InChI is InChI=1S/C15H19BrF3N/c1-9-3-5-13(10(2)7-9)20-14-6-4-11(8-12(14)16)15(17,18)19/h4,6,8-10,13,20H,3,5,7H2,1-2H3. The third-order valence-corrected chi connectivity index (χ3v) is 4.72. The maximum atomic E-state index is 12.6. The molecule has 1 aromatic carbocycles. The molecule has 0 heterocycles. The van der Waals surface area contributed by atoms with E-state index in [1.165, 1.54) is 12.5 Å². The fourth-order valence-electron chi connectivity index (χ4n) is 2.89. The van der Waals surface area contributed by atoms with Crippen LogP contribution in [0.3, 0.4) is 0 Å². The molecule has 3 atom stereocenters. The van der Waals surface area contributed by atoms with Crippen LogP contribution < -0.4 is 5.32 Å². The van der Waals surface area contributed by atoms with Gasteiger partial charge in [-0.3, -0.25) is 0 Å². The summed E-state index contributed by atoms with van der Waals surface area (Å²) < 4.78 is 38.3. The van der Waals surface area contributed by atoms with Gasteiger partial charge in [-0.05, 0) is 65.2 Å². The van der Waals surface area contributed by atoms with Gasteiger partial charge in [-0.25, -0.2) is 0 Å². The van der Waals surface area contributed by atoms with Crippen LogP contribution in [0.25, 0.3) is 0 Å². The topological polar surface area (TPSA) is 12.0 Å². The van der Waals surface area contributed by atoms with E-state index in [-0.39, 0.29) is 0 Å². The van der Waals surface area contributed by atoms with Gasteiger partial charge >= 0.3 is 6.18 Å². The van der Waals surface area contributed by atoms with Crippen molar-refractivity contribution in [3.63, 3.8) is 0 Å². The van der Waals surface area contributed by atoms with Crippen molar-refractivity contribution in [2.24, 2.45) is 11.8 Å². The van der Waals surface area contributed by atoms with E-state index in [2.05, 4.69) is 35.1 Å². The molecular weight excluding hydrogens is 331 g/mol. The molecule has 5 heteroatoms. The predicted octanol–water partition coefficient (Wildman–Crippen LogP) is 5.70. The Morgan fingerprint density at radius 1 is 1.20 bits per heavy atom. The third-order valence-electron chi connectivity index (χ3n) is 4.07. The van der Waals surface area contributed by atoms with Crippen LogP contribution in [0.4, 0.5) is 18.9 Å². The van der Waals surface area contributed by atoms with E-state index in [1.807, 2.05) is 0 Å². The molecule has 3 unspecified atom stereocenters. The van der Waals surface area contributed by atoms with E-state index in [9.17, 15) is 13.2 Å². The minimum atomic E-state index is -4.30. The highest BCUT2D eigenvalue weighted by atomic mass is 79.9. The lowest BCUT2D eigenvalue weighted by molar-refractivity contribution is -0.137. The highest BCUT2D eigenvalue weighted by Gasteiger charge is 2.31. The number of alkyl halides is 3. The van der Waals surface area contributed by atoms with Crippen LogP contribution in [-0.4, -0.2) is 6.04 Å². The van der Waals surface area contributed by atoms with Crippen LogP contribution in [0.2, 0.25) is 0 Å². The van der Waals surface area contributed by atoms with Crippen LogP contribution >= 0.6 is 15.9 Å². The molecule has 0 aliphatic heterocycles. The molecule has 1 aliphatic rings. The van der Waals surface area contributed by atoms with E-state index < -0.39 is 11.7 Å². The lowest BCUT2D eigenvalue weighted by Crippen LogP contribution is -2.33. The molecule has 1 nitrogen and oxygen atoms in total. The minimum absolute atomic E-state index is 0.333. The van der Waals surface area contributed by atoms with Gasteiger partial charge in [0.1, 0.15) is 0 Å². The molecule has 1 fully saturated rings. The van der Waals surface area contributed by atoms with E-state index in [4.69, 9.17) is 0 Å². The van der Waals surface area contributed by atoms with Crippen molar-refractivity contribution in [1.29, 1.82) is 0 Å². The molecule has 0 bridgehead atoms. The zero-order valence-corrected chi connectivity index (χ0v) is 13.2. The van der Waals surface area contributed by atoms with Crippen molar-refractivity contribution in [1.82, 2.24) is 0 Å². The zero-order valence-electron chi connectivity index (χ0n) is 11.6. The van der Waals surface area contributed by atoms with Crippen molar-refractivity contribution in [3.8, 4) is 0 Å². The lowest BCUT2D eigenvalue weighted by atomic mass is 9.80. The first-order valence-corrected chi connectivity index (χ1v) is 7.70. The predicted molar refractivity (Wildman–Crippen MR) is 78.7 cm³/mol. The van der Waals surface area contributed by atoms with E-state index in [0.717, 1.165) is 36.6 Å².